The van der Waals surface area contributed by atoms with Gasteiger partial charge in [-0.25, -0.2) is 4.99 Å². The van der Waals surface area contributed by atoms with E-state index in [-0.39, 0.29) is 0 Å². The van der Waals surface area contributed by atoms with E-state index in [0.717, 1.165) is 41.6 Å². The second-order valence-electron chi connectivity index (χ2n) is 6.70. The number of methoxy groups -OCH3 is 2. The van der Waals surface area contributed by atoms with Gasteiger partial charge in [-0.2, -0.15) is 0 Å². The molecule has 0 atom stereocenters. The number of aliphatic imine (C=N–C) groups is 1. The Kier molecular flexibility index (Phi) is 9.86. The molecule has 0 aliphatic heterocycles. The molecule has 2 aromatic rings. The van der Waals surface area contributed by atoms with Gasteiger partial charge >= 0.3 is 0 Å². The van der Waals surface area contributed by atoms with Crippen molar-refractivity contribution in [1.29, 1.82) is 0 Å². The van der Waals surface area contributed by atoms with Crippen molar-refractivity contribution in [2.24, 2.45) is 4.99 Å². The van der Waals surface area contributed by atoms with Gasteiger partial charge in [0.25, 0.3) is 0 Å². The van der Waals surface area contributed by atoms with Crippen LogP contribution in [0.25, 0.3) is 0 Å². The summed E-state index contributed by atoms with van der Waals surface area (Å²) in [4.78, 5) is 4.68. The molecule has 2 N–H and O–H groups in total. The lowest BCUT2D eigenvalue weighted by molar-refractivity contribution is 0.171. The number of aryl methyl sites for hydroxylation is 1. The number of nitrogens with one attached hydrogen (secondary N) is 2. The number of hydrogen-bond acceptors (Lipinski definition) is 4. The zero-order valence-electron chi connectivity index (χ0n) is 18.0. The van der Waals surface area contributed by atoms with Gasteiger partial charge in [0.1, 0.15) is 11.5 Å². The van der Waals surface area contributed by atoms with Gasteiger partial charge in [-0.1, -0.05) is 24.3 Å². The zero-order chi connectivity index (χ0) is 20.9. The molecule has 0 spiro atoms. The van der Waals surface area contributed by atoms with Crippen LogP contribution in [0.1, 0.15) is 30.0 Å². The number of benzene rings is 2. The average molecular weight is 400 g/mol. The molecule has 0 bridgehead atoms. The van der Waals surface area contributed by atoms with Crippen molar-refractivity contribution in [2.75, 3.05) is 34.0 Å². The molecule has 0 aromatic heterocycles. The molecule has 0 heterocycles. The van der Waals surface area contributed by atoms with Gasteiger partial charge in [0.15, 0.2) is 5.96 Å². The van der Waals surface area contributed by atoms with Gasteiger partial charge in [0, 0.05) is 38.8 Å². The molecule has 0 unspecified atom stereocenters. The van der Waals surface area contributed by atoms with Crippen LogP contribution in [0.3, 0.4) is 0 Å². The SMILES string of the molecule is CCNC(=NCc1ccc(OC)cc1)NCc1ccc(C)cc1OCCCOC. The van der Waals surface area contributed by atoms with E-state index in [1.54, 1.807) is 14.2 Å². The minimum absolute atomic E-state index is 0.591. The van der Waals surface area contributed by atoms with E-state index < -0.39 is 0 Å². The van der Waals surface area contributed by atoms with Gasteiger partial charge in [-0.15, -0.1) is 0 Å². The average Bonchev–Trinajstić information content (AvgIpc) is 2.74. The van der Waals surface area contributed by atoms with Gasteiger partial charge in [0.2, 0.25) is 0 Å². The highest BCUT2D eigenvalue weighted by Gasteiger charge is 2.06. The van der Waals surface area contributed by atoms with Gasteiger partial charge in [-0.3, -0.25) is 0 Å². The Hall–Kier alpha value is -2.73. The van der Waals surface area contributed by atoms with E-state index in [0.29, 0.717) is 26.3 Å². The van der Waals surface area contributed by atoms with Crippen molar-refractivity contribution in [2.45, 2.75) is 33.4 Å². The van der Waals surface area contributed by atoms with Crippen LogP contribution >= 0.6 is 0 Å². The third kappa shape index (κ3) is 8.03. The second kappa shape index (κ2) is 12.7. The summed E-state index contributed by atoms with van der Waals surface area (Å²) in [6.07, 6.45) is 0.864. The fourth-order valence-corrected chi connectivity index (χ4v) is 2.75. The monoisotopic (exact) mass is 399 g/mol. The van der Waals surface area contributed by atoms with E-state index in [1.807, 2.05) is 24.3 Å². The summed E-state index contributed by atoms with van der Waals surface area (Å²) < 4.78 is 16.3. The molecule has 158 valence electrons. The minimum Gasteiger partial charge on any atom is -0.497 e. The van der Waals surface area contributed by atoms with E-state index in [2.05, 4.69) is 47.7 Å². The molecule has 6 heteroatoms. The van der Waals surface area contributed by atoms with Gasteiger partial charge < -0.3 is 24.8 Å². The Morgan fingerprint density at radius 1 is 1.00 bits per heavy atom. The van der Waals surface area contributed by atoms with Crippen molar-refractivity contribution in [1.82, 2.24) is 10.6 Å². The Morgan fingerprint density at radius 3 is 2.48 bits per heavy atom. The van der Waals surface area contributed by atoms with Crippen LogP contribution in [0.5, 0.6) is 11.5 Å². The van der Waals surface area contributed by atoms with E-state index in [1.165, 1.54) is 5.56 Å². The molecule has 0 fully saturated rings. The predicted molar refractivity (Wildman–Crippen MR) is 118 cm³/mol. The highest BCUT2D eigenvalue weighted by atomic mass is 16.5. The number of hydrogen-bond donors (Lipinski definition) is 2. The van der Waals surface area contributed by atoms with Crippen molar-refractivity contribution in [3.63, 3.8) is 0 Å². The fourth-order valence-electron chi connectivity index (χ4n) is 2.75. The molecule has 0 saturated heterocycles. The first kappa shape index (κ1) is 22.6. The largest absolute Gasteiger partial charge is 0.497 e. The summed E-state index contributed by atoms with van der Waals surface area (Å²) in [5, 5.41) is 6.69. The van der Waals surface area contributed by atoms with Gasteiger partial charge in [-0.05, 0) is 43.2 Å². The lowest BCUT2D eigenvalue weighted by Crippen LogP contribution is -2.36. The number of nitrogens with zero attached hydrogens (tertiary/aromatic N) is 1. The molecule has 6 nitrogen and oxygen atoms in total. The Labute approximate surface area is 174 Å². The quantitative estimate of drug-likeness (QED) is 0.343. The second-order valence-corrected chi connectivity index (χ2v) is 6.70. The maximum absolute atomic E-state index is 5.97. The lowest BCUT2D eigenvalue weighted by atomic mass is 10.1. The Balaban J connectivity index is 1.99. The Morgan fingerprint density at radius 2 is 1.79 bits per heavy atom. The molecular weight excluding hydrogens is 366 g/mol. The fraction of sp³-hybridized carbons (Fsp3) is 0.435. The van der Waals surface area contributed by atoms with Gasteiger partial charge in [0.05, 0.1) is 20.3 Å². The third-order valence-electron chi connectivity index (χ3n) is 4.34. The molecule has 2 rings (SSSR count). The summed E-state index contributed by atoms with van der Waals surface area (Å²) in [5.41, 5.74) is 3.40. The zero-order valence-corrected chi connectivity index (χ0v) is 18.0. The summed E-state index contributed by atoms with van der Waals surface area (Å²) in [5.74, 6) is 2.52. The highest BCUT2D eigenvalue weighted by Crippen LogP contribution is 2.20. The number of guanidine groups is 1. The van der Waals surface area contributed by atoms with Crippen LogP contribution in [0.2, 0.25) is 0 Å². The minimum atomic E-state index is 0.591. The summed E-state index contributed by atoms with van der Waals surface area (Å²) >= 11 is 0. The first-order valence-corrected chi connectivity index (χ1v) is 10.0. The molecule has 2 aromatic carbocycles. The molecule has 0 aliphatic rings. The normalized spacial score (nSPS) is 11.2. The van der Waals surface area contributed by atoms with Crippen LogP contribution in [0, 0.1) is 6.92 Å². The third-order valence-corrected chi connectivity index (χ3v) is 4.34. The van der Waals surface area contributed by atoms with Crippen LogP contribution in [0.15, 0.2) is 47.5 Å². The van der Waals surface area contributed by atoms with E-state index >= 15 is 0 Å². The maximum atomic E-state index is 5.97. The topological polar surface area (TPSA) is 64.1 Å². The summed E-state index contributed by atoms with van der Waals surface area (Å²) in [6.45, 7) is 7.48. The standard InChI is InChI=1S/C23H33N3O3/c1-5-24-23(25-16-19-8-11-21(28-4)12-9-19)26-17-20-10-7-18(2)15-22(20)29-14-6-13-27-3/h7-12,15H,5-6,13-14,16-17H2,1-4H3,(H2,24,25,26). The van der Waals surface area contributed by atoms with Crippen molar-refractivity contribution in [3.8, 4) is 11.5 Å². The molecular formula is C23H33N3O3. The number of rotatable bonds is 11. The maximum Gasteiger partial charge on any atom is 0.191 e. The van der Waals surface area contributed by atoms with Crippen LogP contribution in [-0.2, 0) is 17.8 Å². The molecule has 0 saturated carbocycles. The van der Waals surface area contributed by atoms with E-state index in [9.17, 15) is 0 Å². The summed E-state index contributed by atoms with van der Waals surface area (Å²) in [6, 6.07) is 14.2. The van der Waals surface area contributed by atoms with E-state index in [4.69, 9.17) is 14.2 Å². The highest BCUT2D eigenvalue weighted by molar-refractivity contribution is 5.79. The molecule has 0 radical (unpaired) electrons. The number of ether oxygens (including phenoxy) is 3. The molecule has 0 amide bonds. The first-order chi connectivity index (χ1) is 14.2. The van der Waals surface area contributed by atoms with Crippen molar-refractivity contribution in [3.05, 3.63) is 59.2 Å². The molecule has 29 heavy (non-hydrogen) atoms. The van der Waals surface area contributed by atoms with Crippen molar-refractivity contribution >= 4 is 5.96 Å². The van der Waals surface area contributed by atoms with Crippen LogP contribution in [0.4, 0.5) is 0 Å². The van der Waals surface area contributed by atoms with Crippen molar-refractivity contribution < 1.29 is 14.2 Å². The predicted octanol–water partition coefficient (Wildman–Crippen LogP) is 3.67. The first-order valence-electron chi connectivity index (χ1n) is 10.0. The van der Waals surface area contributed by atoms with Crippen LogP contribution < -0.4 is 20.1 Å². The smallest absolute Gasteiger partial charge is 0.191 e. The van der Waals surface area contributed by atoms with Crippen LogP contribution in [-0.4, -0.2) is 39.9 Å². The summed E-state index contributed by atoms with van der Waals surface area (Å²) in [7, 11) is 3.37. The lowest BCUT2D eigenvalue weighted by Gasteiger charge is -2.15. The molecule has 0 aliphatic carbocycles. The Bertz CT molecular complexity index is 760.